The molecule has 0 aliphatic carbocycles. The van der Waals surface area contributed by atoms with Crippen molar-refractivity contribution >= 4 is 5.97 Å². The van der Waals surface area contributed by atoms with E-state index < -0.39 is 17.6 Å². The van der Waals surface area contributed by atoms with Crippen LogP contribution in [0.4, 0.5) is 0 Å². The lowest BCUT2D eigenvalue weighted by atomic mass is 9.98. The topological polar surface area (TPSA) is 114 Å². The van der Waals surface area contributed by atoms with Gasteiger partial charge in [0, 0.05) is 12.6 Å². The number of carboxylic acids is 1. The lowest BCUT2D eigenvalue weighted by Crippen LogP contribution is -2.33. The van der Waals surface area contributed by atoms with Gasteiger partial charge in [-0.15, -0.1) is 5.10 Å². The van der Waals surface area contributed by atoms with Crippen LogP contribution in [0.15, 0.2) is 6.20 Å². The molecule has 0 aromatic carbocycles. The van der Waals surface area contributed by atoms with Gasteiger partial charge < -0.3 is 15.9 Å². The molecule has 0 amide bonds. The summed E-state index contributed by atoms with van der Waals surface area (Å²) >= 11 is 0. The Labute approximate surface area is 106 Å². The van der Waals surface area contributed by atoms with Gasteiger partial charge in [-0.25, -0.2) is 4.68 Å². The van der Waals surface area contributed by atoms with Gasteiger partial charge in [0.1, 0.15) is 6.04 Å². The smallest absolute Gasteiger partial charge is 0.320 e. The standard InChI is InChI=1S/C11H20N4O3/c1-3-11(18,4-2)7-15-6-8(13-14-15)5-9(12)10(16)17/h6,9,18H,3-5,7,12H2,1-2H3,(H,16,17). The van der Waals surface area contributed by atoms with E-state index in [1.54, 1.807) is 6.20 Å². The molecule has 0 aliphatic heterocycles. The normalized spacial score (nSPS) is 13.6. The zero-order valence-electron chi connectivity index (χ0n) is 10.7. The first kappa shape index (κ1) is 14.6. The van der Waals surface area contributed by atoms with Crippen LogP contribution in [0.1, 0.15) is 32.4 Å². The maximum absolute atomic E-state index is 10.6. The van der Waals surface area contributed by atoms with Gasteiger partial charge in [0.15, 0.2) is 0 Å². The van der Waals surface area contributed by atoms with Crippen LogP contribution in [-0.2, 0) is 17.8 Å². The van der Waals surface area contributed by atoms with Crippen LogP contribution < -0.4 is 5.73 Å². The van der Waals surface area contributed by atoms with Crippen molar-refractivity contribution in [3.63, 3.8) is 0 Å². The molecule has 1 heterocycles. The number of hydrogen-bond acceptors (Lipinski definition) is 5. The van der Waals surface area contributed by atoms with Crippen molar-refractivity contribution in [3.05, 3.63) is 11.9 Å². The van der Waals surface area contributed by atoms with Gasteiger partial charge in [-0.1, -0.05) is 19.1 Å². The minimum atomic E-state index is -1.07. The van der Waals surface area contributed by atoms with Crippen molar-refractivity contribution in [3.8, 4) is 0 Å². The zero-order valence-corrected chi connectivity index (χ0v) is 10.7. The molecule has 0 fully saturated rings. The highest BCUT2D eigenvalue weighted by atomic mass is 16.4. The molecular formula is C11H20N4O3. The molecule has 7 nitrogen and oxygen atoms in total. The summed E-state index contributed by atoms with van der Waals surface area (Å²) < 4.78 is 1.52. The van der Waals surface area contributed by atoms with E-state index >= 15 is 0 Å². The molecule has 4 N–H and O–H groups in total. The number of hydrogen-bond donors (Lipinski definition) is 3. The Hall–Kier alpha value is -1.47. The van der Waals surface area contributed by atoms with E-state index in [4.69, 9.17) is 10.8 Å². The fraction of sp³-hybridized carbons (Fsp3) is 0.727. The summed E-state index contributed by atoms with van der Waals surface area (Å²) in [6.45, 7) is 4.15. The molecule has 18 heavy (non-hydrogen) atoms. The summed E-state index contributed by atoms with van der Waals surface area (Å²) in [5.74, 6) is -1.07. The second kappa shape index (κ2) is 5.92. The van der Waals surface area contributed by atoms with E-state index in [1.165, 1.54) is 4.68 Å². The van der Waals surface area contributed by atoms with Crippen LogP contribution in [0.3, 0.4) is 0 Å². The van der Waals surface area contributed by atoms with Gasteiger partial charge in [0.2, 0.25) is 0 Å². The summed E-state index contributed by atoms with van der Waals surface area (Å²) in [4.78, 5) is 10.6. The minimum Gasteiger partial charge on any atom is -0.480 e. The number of carbonyl (C=O) groups is 1. The second-order valence-corrected chi connectivity index (χ2v) is 4.49. The van der Waals surface area contributed by atoms with Crippen LogP contribution in [0, 0.1) is 0 Å². The van der Waals surface area contributed by atoms with E-state index in [1.807, 2.05) is 13.8 Å². The van der Waals surface area contributed by atoms with Gasteiger partial charge >= 0.3 is 5.97 Å². The third-order valence-electron chi connectivity index (χ3n) is 3.10. The van der Waals surface area contributed by atoms with Crippen LogP contribution in [0.25, 0.3) is 0 Å². The Morgan fingerprint density at radius 1 is 1.56 bits per heavy atom. The molecule has 0 saturated carbocycles. The number of carboxylic acid groups (broad SMARTS) is 1. The summed E-state index contributed by atoms with van der Waals surface area (Å²) in [6, 6.07) is -0.980. The molecule has 102 valence electrons. The predicted octanol–water partition coefficient (Wildman–Crippen LogP) is -0.216. The first-order valence-corrected chi connectivity index (χ1v) is 6.00. The van der Waals surface area contributed by atoms with Crippen molar-refractivity contribution < 1.29 is 15.0 Å². The number of aliphatic hydroxyl groups is 1. The fourth-order valence-electron chi connectivity index (χ4n) is 1.60. The zero-order chi connectivity index (χ0) is 13.8. The van der Waals surface area contributed by atoms with Crippen molar-refractivity contribution in [1.29, 1.82) is 0 Å². The Morgan fingerprint density at radius 3 is 2.67 bits per heavy atom. The summed E-state index contributed by atoms with van der Waals surface area (Å²) in [6.07, 6.45) is 2.99. The minimum absolute atomic E-state index is 0.131. The van der Waals surface area contributed by atoms with E-state index in [-0.39, 0.29) is 6.42 Å². The summed E-state index contributed by atoms with van der Waals surface area (Å²) in [5, 5.41) is 26.6. The molecule has 0 aliphatic rings. The Kier molecular flexibility index (Phi) is 4.80. The number of rotatable bonds is 7. The van der Waals surface area contributed by atoms with Crippen molar-refractivity contribution in [2.24, 2.45) is 5.73 Å². The predicted molar refractivity (Wildman–Crippen MR) is 64.9 cm³/mol. The van der Waals surface area contributed by atoms with Gasteiger partial charge in [-0.3, -0.25) is 4.79 Å². The van der Waals surface area contributed by atoms with E-state index in [2.05, 4.69) is 10.3 Å². The maximum atomic E-state index is 10.6. The molecule has 1 unspecified atom stereocenters. The average Bonchev–Trinajstić information content (AvgIpc) is 2.76. The van der Waals surface area contributed by atoms with Gasteiger partial charge in [-0.2, -0.15) is 0 Å². The molecule has 1 rings (SSSR count). The van der Waals surface area contributed by atoms with Crippen molar-refractivity contribution in [2.75, 3.05) is 0 Å². The first-order chi connectivity index (χ1) is 8.40. The number of aromatic nitrogens is 3. The first-order valence-electron chi connectivity index (χ1n) is 6.00. The van der Waals surface area contributed by atoms with Crippen LogP contribution in [0.5, 0.6) is 0 Å². The number of nitrogens with zero attached hydrogens (tertiary/aromatic N) is 3. The van der Waals surface area contributed by atoms with Crippen LogP contribution >= 0.6 is 0 Å². The molecule has 1 aromatic rings. The molecule has 0 saturated heterocycles. The Balaban J connectivity index is 2.66. The largest absolute Gasteiger partial charge is 0.480 e. The maximum Gasteiger partial charge on any atom is 0.320 e. The molecule has 0 spiro atoms. The fourth-order valence-corrected chi connectivity index (χ4v) is 1.60. The molecule has 0 bridgehead atoms. The van der Waals surface area contributed by atoms with Crippen molar-refractivity contribution in [1.82, 2.24) is 15.0 Å². The van der Waals surface area contributed by atoms with Gasteiger partial charge in [-0.05, 0) is 12.8 Å². The van der Waals surface area contributed by atoms with Gasteiger partial charge in [0.25, 0.3) is 0 Å². The molecule has 7 heteroatoms. The quantitative estimate of drug-likeness (QED) is 0.621. The molecule has 0 radical (unpaired) electrons. The van der Waals surface area contributed by atoms with E-state index in [0.29, 0.717) is 25.1 Å². The third-order valence-corrected chi connectivity index (χ3v) is 3.10. The van der Waals surface area contributed by atoms with Crippen LogP contribution in [0.2, 0.25) is 0 Å². The second-order valence-electron chi connectivity index (χ2n) is 4.49. The van der Waals surface area contributed by atoms with E-state index in [0.717, 1.165) is 0 Å². The lowest BCUT2D eigenvalue weighted by Gasteiger charge is -2.24. The molecule has 1 atom stereocenters. The average molecular weight is 256 g/mol. The highest BCUT2D eigenvalue weighted by molar-refractivity contribution is 5.73. The van der Waals surface area contributed by atoms with Gasteiger partial charge in [0.05, 0.1) is 17.8 Å². The highest BCUT2D eigenvalue weighted by Gasteiger charge is 2.24. The molecule has 1 aromatic heterocycles. The highest BCUT2D eigenvalue weighted by Crippen LogP contribution is 2.16. The third kappa shape index (κ3) is 3.78. The Morgan fingerprint density at radius 2 is 2.17 bits per heavy atom. The van der Waals surface area contributed by atoms with Crippen LogP contribution in [-0.4, -0.2) is 42.8 Å². The van der Waals surface area contributed by atoms with E-state index in [9.17, 15) is 9.90 Å². The summed E-state index contributed by atoms with van der Waals surface area (Å²) in [5.41, 5.74) is 5.12. The SMILES string of the molecule is CCC(O)(CC)Cn1cc(CC(N)C(=O)O)nn1. The Bertz CT molecular complexity index is 401. The van der Waals surface area contributed by atoms with Crippen molar-refractivity contribution in [2.45, 2.75) is 51.3 Å². The molecular weight excluding hydrogens is 236 g/mol. The summed E-state index contributed by atoms with van der Waals surface area (Å²) in [7, 11) is 0. The monoisotopic (exact) mass is 256 g/mol. The number of nitrogens with two attached hydrogens (primary N) is 1. The number of aliphatic carboxylic acids is 1. The lowest BCUT2D eigenvalue weighted by molar-refractivity contribution is -0.138.